The molecular formula is C15H19ClFN2O2+. The summed E-state index contributed by atoms with van der Waals surface area (Å²) in [7, 11) is 0. The van der Waals surface area contributed by atoms with Gasteiger partial charge in [-0.1, -0.05) is 17.7 Å². The third-order valence-electron chi connectivity index (χ3n) is 3.38. The number of carbonyl (C=O) groups excluding carboxylic acids is 1. The Balaban J connectivity index is 1.77. The van der Waals surface area contributed by atoms with Gasteiger partial charge in [-0.15, -0.1) is 0 Å². The molecule has 0 unspecified atom stereocenters. The number of amides is 1. The smallest absolute Gasteiger partial charge is 0.244 e. The molecule has 0 radical (unpaired) electrons. The van der Waals surface area contributed by atoms with E-state index in [2.05, 4.69) is 5.32 Å². The Morgan fingerprint density at radius 2 is 2.19 bits per heavy atom. The van der Waals surface area contributed by atoms with Crippen molar-refractivity contribution in [2.24, 2.45) is 0 Å². The molecule has 1 aromatic carbocycles. The van der Waals surface area contributed by atoms with Gasteiger partial charge >= 0.3 is 0 Å². The summed E-state index contributed by atoms with van der Waals surface area (Å²) in [5.74, 6) is -0.689. The Hall–Kier alpha value is -1.43. The van der Waals surface area contributed by atoms with Crippen LogP contribution in [0.4, 0.5) is 4.39 Å². The Kier molecular flexibility index (Phi) is 6.17. The number of carbonyl (C=O) groups is 1. The van der Waals surface area contributed by atoms with Crippen LogP contribution in [0.15, 0.2) is 24.3 Å². The molecule has 2 N–H and O–H groups in total. The van der Waals surface area contributed by atoms with E-state index in [9.17, 15) is 9.18 Å². The molecule has 0 atom stereocenters. The van der Waals surface area contributed by atoms with E-state index in [1.54, 1.807) is 6.07 Å². The minimum absolute atomic E-state index is 0.230. The van der Waals surface area contributed by atoms with Crippen LogP contribution in [0.5, 0.6) is 0 Å². The lowest BCUT2D eigenvalue weighted by atomic mass is 10.2. The van der Waals surface area contributed by atoms with Gasteiger partial charge in [0.1, 0.15) is 18.9 Å². The van der Waals surface area contributed by atoms with Crippen molar-refractivity contribution in [1.29, 1.82) is 0 Å². The molecule has 6 heteroatoms. The van der Waals surface area contributed by atoms with Crippen molar-refractivity contribution in [2.75, 3.05) is 39.4 Å². The summed E-state index contributed by atoms with van der Waals surface area (Å²) in [6.45, 7) is 4.93. The average molecular weight is 314 g/mol. The molecule has 1 heterocycles. The molecule has 0 bridgehead atoms. The van der Waals surface area contributed by atoms with Gasteiger partial charge in [-0.05, 0) is 18.2 Å². The first-order valence-electron chi connectivity index (χ1n) is 6.98. The van der Waals surface area contributed by atoms with Crippen molar-refractivity contribution in [3.8, 4) is 0 Å². The third-order valence-corrected chi connectivity index (χ3v) is 3.71. The molecule has 1 amide bonds. The summed E-state index contributed by atoms with van der Waals surface area (Å²) in [6, 6.07) is 4.43. The molecule has 1 saturated heterocycles. The highest BCUT2D eigenvalue weighted by Crippen LogP contribution is 2.20. The van der Waals surface area contributed by atoms with E-state index in [-0.39, 0.29) is 16.5 Å². The van der Waals surface area contributed by atoms with Gasteiger partial charge in [0.25, 0.3) is 0 Å². The van der Waals surface area contributed by atoms with Crippen LogP contribution in [0.3, 0.4) is 0 Å². The van der Waals surface area contributed by atoms with E-state index >= 15 is 0 Å². The maximum Gasteiger partial charge on any atom is 0.244 e. The average Bonchev–Trinajstić information content (AvgIpc) is 2.48. The van der Waals surface area contributed by atoms with Crippen molar-refractivity contribution < 1.29 is 18.8 Å². The van der Waals surface area contributed by atoms with E-state index in [1.165, 1.54) is 29.2 Å². The van der Waals surface area contributed by atoms with E-state index in [0.717, 1.165) is 32.8 Å². The zero-order valence-corrected chi connectivity index (χ0v) is 12.5. The standard InChI is InChI=1S/C15H18ClFN2O2/c16-13-2-1-3-14(17)12(13)4-5-15(20)18-6-7-19-8-10-21-11-9-19/h1-5H,6-11H2,(H,18,20)/p+1/b5-4+. The van der Waals surface area contributed by atoms with Gasteiger partial charge in [0.05, 0.1) is 31.3 Å². The number of benzene rings is 1. The molecule has 1 fully saturated rings. The highest BCUT2D eigenvalue weighted by atomic mass is 35.5. The van der Waals surface area contributed by atoms with Gasteiger partial charge in [-0.3, -0.25) is 4.79 Å². The highest BCUT2D eigenvalue weighted by Gasteiger charge is 2.13. The van der Waals surface area contributed by atoms with Crippen LogP contribution >= 0.6 is 11.6 Å². The zero-order chi connectivity index (χ0) is 15.1. The van der Waals surface area contributed by atoms with E-state index < -0.39 is 5.82 Å². The van der Waals surface area contributed by atoms with Crippen LogP contribution in [-0.2, 0) is 9.53 Å². The van der Waals surface area contributed by atoms with E-state index in [4.69, 9.17) is 16.3 Å². The number of ether oxygens (including phenoxy) is 1. The molecular weight excluding hydrogens is 295 g/mol. The van der Waals surface area contributed by atoms with Gasteiger partial charge in [0.2, 0.25) is 5.91 Å². The van der Waals surface area contributed by atoms with Crippen molar-refractivity contribution >= 4 is 23.6 Å². The van der Waals surface area contributed by atoms with Crippen LogP contribution in [0.1, 0.15) is 5.56 Å². The number of halogens is 2. The fourth-order valence-electron chi connectivity index (χ4n) is 2.16. The summed E-state index contributed by atoms with van der Waals surface area (Å²) in [4.78, 5) is 13.1. The highest BCUT2D eigenvalue weighted by molar-refractivity contribution is 6.32. The van der Waals surface area contributed by atoms with E-state index in [0.29, 0.717) is 6.54 Å². The third kappa shape index (κ3) is 5.12. The maximum atomic E-state index is 13.5. The Labute approximate surface area is 128 Å². The predicted octanol–water partition coefficient (Wildman–Crippen LogP) is 0.524. The number of hydrogen-bond donors (Lipinski definition) is 2. The van der Waals surface area contributed by atoms with Crippen LogP contribution in [0.25, 0.3) is 6.08 Å². The number of quaternary nitrogens is 1. The molecule has 21 heavy (non-hydrogen) atoms. The largest absolute Gasteiger partial charge is 0.370 e. The summed E-state index contributed by atoms with van der Waals surface area (Å²) >= 11 is 5.88. The predicted molar refractivity (Wildman–Crippen MR) is 79.8 cm³/mol. The summed E-state index contributed by atoms with van der Waals surface area (Å²) in [5.41, 5.74) is 0.230. The van der Waals surface area contributed by atoms with Crippen LogP contribution < -0.4 is 10.2 Å². The fourth-order valence-corrected chi connectivity index (χ4v) is 2.39. The lowest BCUT2D eigenvalue weighted by Crippen LogP contribution is -3.14. The summed E-state index contributed by atoms with van der Waals surface area (Å²) in [6.07, 6.45) is 2.70. The van der Waals surface area contributed by atoms with Crippen LogP contribution in [-0.4, -0.2) is 45.3 Å². The van der Waals surface area contributed by atoms with Gasteiger partial charge in [0, 0.05) is 11.6 Å². The Morgan fingerprint density at radius 3 is 2.90 bits per heavy atom. The molecule has 0 spiro atoms. The number of hydrogen-bond acceptors (Lipinski definition) is 2. The van der Waals surface area contributed by atoms with E-state index in [1.807, 2.05) is 0 Å². The molecule has 0 aromatic heterocycles. The topological polar surface area (TPSA) is 42.8 Å². The molecule has 4 nitrogen and oxygen atoms in total. The lowest BCUT2D eigenvalue weighted by molar-refractivity contribution is -0.906. The lowest BCUT2D eigenvalue weighted by Gasteiger charge is -2.23. The quantitative estimate of drug-likeness (QED) is 0.779. The number of morpholine rings is 1. The summed E-state index contributed by atoms with van der Waals surface area (Å²) < 4.78 is 18.8. The van der Waals surface area contributed by atoms with Crippen molar-refractivity contribution in [2.45, 2.75) is 0 Å². The molecule has 1 aliphatic rings. The van der Waals surface area contributed by atoms with Crippen molar-refractivity contribution in [3.63, 3.8) is 0 Å². The number of nitrogens with one attached hydrogen (secondary N) is 2. The van der Waals surface area contributed by atoms with Gasteiger partial charge < -0.3 is 15.0 Å². The first kappa shape index (κ1) is 15.9. The normalized spacial score (nSPS) is 16.3. The monoisotopic (exact) mass is 313 g/mol. The minimum atomic E-state index is -0.440. The maximum absolute atomic E-state index is 13.5. The molecule has 1 aliphatic heterocycles. The SMILES string of the molecule is O=C(/C=C/c1c(F)cccc1Cl)NCC[NH+]1CCOCC1. The molecule has 0 aliphatic carbocycles. The summed E-state index contributed by atoms with van der Waals surface area (Å²) in [5, 5.41) is 3.07. The van der Waals surface area contributed by atoms with Gasteiger partial charge in [0.15, 0.2) is 0 Å². The molecule has 0 saturated carbocycles. The second-order valence-corrected chi connectivity index (χ2v) is 5.28. The van der Waals surface area contributed by atoms with Crippen molar-refractivity contribution in [1.82, 2.24) is 5.32 Å². The first-order valence-corrected chi connectivity index (χ1v) is 7.36. The Morgan fingerprint density at radius 1 is 1.43 bits per heavy atom. The number of rotatable bonds is 5. The zero-order valence-electron chi connectivity index (χ0n) is 11.7. The second kappa shape index (κ2) is 8.12. The van der Waals surface area contributed by atoms with Gasteiger partial charge in [-0.25, -0.2) is 4.39 Å². The van der Waals surface area contributed by atoms with Gasteiger partial charge in [-0.2, -0.15) is 0 Å². The van der Waals surface area contributed by atoms with Crippen molar-refractivity contribution in [3.05, 3.63) is 40.7 Å². The first-order chi connectivity index (χ1) is 10.2. The Bertz CT molecular complexity index is 496. The molecule has 2 rings (SSSR count). The minimum Gasteiger partial charge on any atom is -0.370 e. The molecule has 114 valence electrons. The van der Waals surface area contributed by atoms with Crippen LogP contribution in [0.2, 0.25) is 5.02 Å². The molecule has 1 aromatic rings. The fraction of sp³-hybridized carbons (Fsp3) is 0.400. The second-order valence-electron chi connectivity index (χ2n) is 4.87. The van der Waals surface area contributed by atoms with Crippen LogP contribution in [0, 0.1) is 5.82 Å².